The molecule has 0 aliphatic heterocycles. The van der Waals surface area contributed by atoms with Gasteiger partial charge in [0.15, 0.2) is 0 Å². The van der Waals surface area contributed by atoms with Crippen molar-refractivity contribution in [1.29, 1.82) is 0 Å². The van der Waals surface area contributed by atoms with Gasteiger partial charge < -0.3 is 114 Å². The third-order valence-electron chi connectivity index (χ3n) is 25.3. The number of ether oxygens (including phenoxy) is 6. The number of aromatic hydroxyl groups is 2. The number of esters is 6. The Morgan fingerprint density at radius 2 is 0.582 bits per heavy atom. The van der Waals surface area contributed by atoms with Gasteiger partial charge in [-0.1, -0.05) is 84.4 Å². The molecule has 6 aliphatic rings. The van der Waals surface area contributed by atoms with Crippen molar-refractivity contribution in [3.8, 4) is 11.5 Å². The van der Waals surface area contributed by atoms with E-state index in [9.17, 15) is 106 Å². The van der Waals surface area contributed by atoms with Gasteiger partial charge in [-0.2, -0.15) is 0 Å². The molecule has 2 aromatic rings. The lowest BCUT2D eigenvalue weighted by molar-refractivity contribution is -0.153. The van der Waals surface area contributed by atoms with Crippen LogP contribution in [-0.4, -0.2) is 239 Å². The Hall–Kier alpha value is -11.8. The predicted molar refractivity (Wildman–Crippen MR) is 516 cm³/mol. The Morgan fingerprint density at radius 1 is 0.319 bits per heavy atom. The highest BCUT2D eigenvalue weighted by atomic mass is 127. The molecule has 0 bridgehead atoms. The van der Waals surface area contributed by atoms with Crippen molar-refractivity contribution < 1.29 is 135 Å². The second-order valence-electron chi connectivity index (χ2n) is 37.9. The maximum Gasteiger partial charge on any atom is 0.308 e. The summed E-state index contributed by atoms with van der Waals surface area (Å²) < 4.78 is 34.3. The molecule has 6 aliphatic carbocycles. The number of rotatable bonds is 50. The lowest BCUT2D eigenvalue weighted by Crippen LogP contribution is -2.60. The van der Waals surface area contributed by atoms with Crippen molar-refractivity contribution in [3.05, 3.63) is 57.2 Å². The van der Waals surface area contributed by atoms with E-state index in [1.54, 1.807) is 52.0 Å². The summed E-state index contributed by atoms with van der Waals surface area (Å²) in [5.74, 6) is -17.8. The van der Waals surface area contributed by atoms with E-state index in [4.69, 9.17) is 39.9 Å². The minimum Gasteiger partial charge on any atom is -0.508 e. The molecule has 10 atom stereocenters. The van der Waals surface area contributed by atoms with Crippen LogP contribution in [0.25, 0.3) is 0 Å². The van der Waals surface area contributed by atoms with E-state index in [1.807, 2.05) is 22.6 Å². The van der Waals surface area contributed by atoms with Crippen LogP contribution in [0.3, 0.4) is 0 Å². The van der Waals surface area contributed by atoms with E-state index in [-0.39, 0.29) is 74.4 Å². The number of primary amides is 2. The summed E-state index contributed by atoms with van der Waals surface area (Å²) in [4.78, 5) is 266. The van der Waals surface area contributed by atoms with Crippen molar-refractivity contribution >= 4 is 141 Å². The first-order chi connectivity index (χ1) is 67.1. The second-order valence-corrected chi connectivity index (χ2v) is 39.1. The number of halogens is 1. The van der Waals surface area contributed by atoms with E-state index < -0.39 is 242 Å². The first-order valence-electron chi connectivity index (χ1n) is 49.7. The summed E-state index contributed by atoms with van der Waals surface area (Å²) in [7, 11) is 0. The van der Waals surface area contributed by atoms with Crippen molar-refractivity contribution in [2.24, 2.45) is 23.3 Å². The first kappa shape index (κ1) is 116. The molecular formula is C98H145IN14O28. The molecule has 0 spiro atoms. The molecule has 42 nitrogen and oxygen atoms in total. The number of carbonyl (C=O) groups is 20. The Bertz CT molecular complexity index is 4560. The van der Waals surface area contributed by atoms with Crippen LogP contribution in [0, 0.1) is 15.4 Å². The highest BCUT2D eigenvalue weighted by Gasteiger charge is 2.40. The van der Waals surface area contributed by atoms with Gasteiger partial charge >= 0.3 is 35.8 Å². The van der Waals surface area contributed by atoms with Gasteiger partial charge in [0.1, 0.15) is 109 Å². The van der Waals surface area contributed by atoms with E-state index in [1.165, 1.54) is 18.2 Å². The van der Waals surface area contributed by atoms with Gasteiger partial charge in [-0.25, -0.2) is 0 Å². The minimum absolute atomic E-state index is 0.00643. The van der Waals surface area contributed by atoms with Crippen LogP contribution >= 0.6 is 22.6 Å². The average Bonchev–Trinajstić information content (AvgIpc) is 0.850. The Morgan fingerprint density at radius 3 is 0.858 bits per heavy atom. The SMILES string of the molecule is CC(=O)N[C@@H](CC(=O)OC1CCCCC1)C(=O)N[C@@H](CCC(=O)OC1CCCCC1)C(=O)N[C@H](C(=O)N[C@@H](CC(=O)OC1CCCCC1)C(=O)NCC(=O)N[C@@H](Cc1ccc(O)c(I)c1)C(N)=O)C(C)C.CC(=O)N[C@@H](CC(=O)OC1CCCCC1)C(=O)N[C@@H](CCC(=O)OC1CCCCC1)C(=O)N[C@H](C(=O)N[C@@H](CC(=O)OC1CCCCC1)C(=O)NCC(=O)N[C@@H](Cc1ccc(O)cc1)C(N)=O)C(C)C. The number of hydrogen-bond donors (Lipinski definition) is 16. The number of amides is 14. The largest absolute Gasteiger partial charge is 0.508 e. The lowest BCUT2D eigenvalue weighted by Gasteiger charge is -2.28. The summed E-state index contributed by atoms with van der Waals surface area (Å²) >= 11 is 1.91. The number of nitrogens with two attached hydrogens (primary N) is 2. The predicted octanol–water partition coefficient (Wildman–Crippen LogP) is 4.25. The number of carbonyl (C=O) groups excluding carboxylic acids is 20. The zero-order chi connectivity index (χ0) is 103. The summed E-state index contributed by atoms with van der Waals surface area (Å²) in [6, 6.07) is -3.95. The molecule has 6 saturated carbocycles. The standard InChI is InChI=1S/C49H72IN7O14.C49H73N7O14/c1-28(2)44(57-47(66)35(20-22-41(61)69-31-13-7-4-8-14-31)55-48(67)38(53-29(3)58)26-43(63)71-33-17-11-6-12-18-33)49(68)56-37(25-42(62)70-32-15-9-5-10-16-32)46(65)52-27-40(60)54-36(45(51)64)24-30-19-21-39(59)34(50)23-30;1-29(2)44(49(67)55-38(26-42(61)69-34-15-9-5-10-16-34)46(64)51-28-40(59)53-37(45(50)63)25-31-19-21-32(58)22-20-31)56-47(65)36(23-24-41(60)68-33-13-7-4-8-14-33)54-48(66)39(52-30(3)57)27-43(62)70-35-17-11-6-12-18-35/h19,21,23,28,31-33,35-38,44,59H,4-18,20,22,24-27H2,1-3H3,(H2,51,64)(H,52,65)(H,53,58)(H,54,60)(H,55,67)(H,56,68)(H,57,66);19-22,29,33-39,44,58H,4-18,23-28H2,1-3H3,(H2,50,63)(H,51,64)(H,52,57)(H,53,59)(H,54,66)(H,55,67)(H,56,65)/t35-,36-,37-,38-,44-;36-,37-,38-,39-,44-/m00/s1. The first-order valence-corrected chi connectivity index (χ1v) is 50.7. The van der Waals surface area contributed by atoms with Crippen LogP contribution < -0.4 is 75.3 Å². The number of benzene rings is 2. The molecule has 0 unspecified atom stereocenters. The van der Waals surface area contributed by atoms with E-state index in [2.05, 4.69) is 63.8 Å². The summed E-state index contributed by atoms with van der Waals surface area (Å²) in [6.45, 7) is 7.28. The van der Waals surface area contributed by atoms with Crippen LogP contribution in [0.15, 0.2) is 42.5 Å². The van der Waals surface area contributed by atoms with Gasteiger partial charge in [-0.15, -0.1) is 0 Å². The number of nitrogens with one attached hydrogen (secondary N) is 12. The maximum atomic E-state index is 14.2. The van der Waals surface area contributed by atoms with Crippen molar-refractivity contribution in [1.82, 2.24) is 63.8 Å². The number of phenols is 2. The molecule has 8 rings (SSSR count). The highest BCUT2D eigenvalue weighted by molar-refractivity contribution is 14.1. The molecule has 0 radical (unpaired) electrons. The molecule has 782 valence electrons. The summed E-state index contributed by atoms with van der Waals surface area (Å²) in [6.07, 6.45) is 18.6. The zero-order valence-corrected chi connectivity index (χ0v) is 83.8. The molecule has 0 aromatic heterocycles. The fourth-order valence-corrected chi connectivity index (χ4v) is 18.1. The molecule has 14 amide bonds. The van der Waals surface area contributed by atoms with E-state index >= 15 is 0 Å². The third kappa shape index (κ3) is 44.1. The summed E-state index contributed by atoms with van der Waals surface area (Å²) in [5.41, 5.74) is 12.3. The fourth-order valence-electron chi connectivity index (χ4n) is 17.5. The van der Waals surface area contributed by atoms with Crippen molar-refractivity contribution in [2.45, 2.75) is 395 Å². The zero-order valence-electron chi connectivity index (χ0n) is 81.7. The van der Waals surface area contributed by atoms with Crippen molar-refractivity contribution in [3.63, 3.8) is 0 Å². The van der Waals surface area contributed by atoms with Gasteiger partial charge in [0, 0.05) is 39.5 Å². The Balaban J connectivity index is 0.000000383. The number of phenolic OH excluding ortho intramolecular Hbond substituents is 2. The van der Waals surface area contributed by atoms with Gasteiger partial charge in [-0.3, -0.25) is 95.9 Å². The maximum absolute atomic E-state index is 14.2. The quantitative estimate of drug-likeness (QED) is 0.0250. The van der Waals surface area contributed by atoms with Gasteiger partial charge in [-0.05, 0) is 237 Å². The van der Waals surface area contributed by atoms with Crippen LogP contribution in [0.1, 0.15) is 297 Å². The fraction of sp³-hybridized carbons (Fsp3) is 0.673. The van der Waals surface area contributed by atoms with Gasteiger partial charge in [0.2, 0.25) is 82.7 Å². The van der Waals surface area contributed by atoms with Crippen LogP contribution in [0.5, 0.6) is 11.5 Å². The monoisotopic (exact) mass is 2090 g/mol. The second kappa shape index (κ2) is 61.1. The van der Waals surface area contributed by atoms with Crippen LogP contribution in [0.2, 0.25) is 0 Å². The number of hydrogen-bond acceptors (Lipinski definition) is 28. The van der Waals surface area contributed by atoms with Crippen LogP contribution in [0.4, 0.5) is 0 Å². The molecule has 2 aromatic carbocycles. The Kier molecular flexibility index (Phi) is 50.3. The minimum atomic E-state index is -1.63. The van der Waals surface area contributed by atoms with Gasteiger partial charge in [0.25, 0.3) is 0 Å². The molecule has 18 N–H and O–H groups in total. The molecular weight excluding hydrogens is 1950 g/mol. The molecule has 6 fully saturated rings. The molecule has 141 heavy (non-hydrogen) atoms. The average molecular weight is 2090 g/mol. The topological polar surface area (TPSA) is 634 Å². The smallest absolute Gasteiger partial charge is 0.308 e. The molecule has 0 saturated heterocycles. The van der Waals surface area contributed by atoms with E-state index in [0.717, 1.165) is 129 Å². The highest BCUT2D eigenvalue weighted by Crippen LogP contribution is 2.29. The lowest BCUT2D eigenvalue weighted by atomic mass is 9.97. The van der Waals surface area contributed by atoms with Gasteiger partial charge in [0.05, 0.1) is 42.3 Å². The van der Waals surface area contributed by atoms with Crippen LogP contribution in [-0.2, 0) is 137 Å². The normalized spacial score (nSPS) is 17.7. The van der Waals surface area contributed by atoms with E-state index in [0.29, 0.717) is 91.7 Å². The molecule has 0 heterocycles. The molecule has 43 heteroatoms. The Labute approximate surface area is 835 Å². The van der Waals surface area contributed by atoms with Crippen molar-refractivity contribution in [2.75, 3.05) is 13.1 Å². The third-order valence-corrected chi connectivity index (χ3v) is 26.2. The summed E-state index contributed by atoms with van der Waals surface area (Å²) in [5, 5.41) is 49.4.